The number of aryl methyl sites for hydroxylation is 1. The monoisotopic (exact) mass is 520 g/mol. The third-order valence-corrected chi connectivity index (χ3v) is 6.38. The van der Waals surface area contributed by atoms with Crippen molar-refractivity contribution in [2.45, 2.75) is 13.5 Å². The summed E-state index contributed by atoms with van der Waals surface area (Å²) in [6.45, 7) is 2.08. The Morgan fingerprint density at radius 2 is 1.80 bits per heavy atom. The molecule has 0 saturated heterocycles. The van der Waals surface area contributed by atoms with Crippen molar-refractivity contribution in [1.29, 1.82) is 5.26 Å². The highest BCUT2D eigenvalue weighted by atomic mass is 35.5. The van der Waals surface area contributed by atoms with Crippen molar-refractivity contribution in [3.63, 3.8) is 0 Å². The second kappa shape index (κ2) is 10.8. The van der Waals surface area contributed by atoms with Gasteiger partial charge in [-0.2, -0.15) is 5.26 Å². The van der Waals surface area contributed by atoms with Gasteiger partial charge in [0.25, 0.3) is 5.91 Å². The van der Waals surface area contributed by atoms with E-state index in [0.29, 0.717) is 32.1 Å². The van der Waals surface area contributed by atoms with Crippen molar-refractivity contribution < 1.29 is 9.53 Å². The van der Waals surface area contributed by atoms with E-state index in [-0.39, 0.29) is 12.2 Å². The van der Waals surface area contributed by atoms with E-state index in [9.17, 15) is 10.1 Å². The van der Waals surface area contributed by atoms with Gasteiger partial charge in [0.2, 0.25) is 0 Å². The SMILES string of the molecule is Cc1ccc(Cl)cc1NC(=O)/C(C#N)=C/c1c(OCc2ccc(Cl)c(Cl)c2)ccc2ccccc12. The molecule has 0 bridgehead atoms. The average molecular weight is 522 g/mol. The quantitative estimate of drug-likeness (QED) is 0.205. The van der Waals surface area contributed by atoms with Gasteiger partial charge in [-0.25, -0.2) is 0 Å². The van der Waals surface area contributed by atoms with E-state index in [1.807, 2.05) is 55.5 Å². The average Bonchev–Trinajstić information content (AvgIpc) is 2.85. The van der Waals surface area contributed by atoms with Gasteiger partial charge < -0.3 is 10.1 Å². The first-order valence-electron chi connectivity index (χ1n) is 10.6. The number of halogens is 3. The summed E-state index contributed by atoms with van der Waals surface area (Å²) in [5.74, 6) is -0.0181. The van der Waals surface area contributed by atoms with Crippen LogP contribution in [0.5, 0.6) is 5.75 Å². The minimum Gasteiger partial charge on any atom is -0.488 e. The lowest BCUT2D eigenvalue weighted by Gasteiger charge is -2.13. The van der Waals surface area contributed by atoms with E-state index >= 15 is 0 Å². The predicted octanol–water partition coefficient (Wildman–Crippen LogP) is 8.23. The summed E-state index contributed by atoms with van der Waals surface area (Å²) in [5, 5.41) is 15.8. The number of nitrogens with one attached hydrogen (secondary N) is 1. The van der Waals surface area contributed by atoms with Crippen molar-refractivity contribution in [1.82, 2.24) is 0 Å². The number of rotatable bonds is 6. The lowest BCUT2D eigenvalue weighted by Crippen LogP contribution is -2.14. The van der Waals surface area contributed by atoms with Gasteiger partial charge in [0.1, 0.15) is 24.0 Å². The maximum absolute atomic E-state index is 13.0. The molecule has 0 aliphatic heterocycles. The molecule has 0 unspecified atom stereocenters. The van der Waals surface area contributed by atoms with Crippen molar-refractivity contribution >= 4 is 63.2 Å². The molecule has 0 aromatic heterocycles. The van der Waals surface area contributed by atoms with E-state index in [0.717, 1.165) is 21.9 Å². The Labute approximate surface area is 218 Å². The number of hydrogen-bond donors (Lipinski definition) is 1. The Morgan fingerprint density at radius 1 is 1.00 bits per heavy atom. The van der Waals surface area contributed by atoms with Gasteiger partial charge in [-0.05, 0) is 65.2 Å². The van der Waals surface area contributed by atoms with Crippen LogP contribution in [0.2, 0.25) is 15.1 Å². The molecule has 0 aliphatic carbocycles. The van der Waals surface area contributed by atoms with E-state index in [1.165, 1.54) is 0 Å². The zero-order chi connectivity index (χ0) is 24.9. The third-order valence-electron chi connectivity index (χ3n) is 5.41. The Hall–Kier alpha value is -3.49. The second-order valence-corrected chi connectivity index (χ2v) is 9.07. The minimum atomic E-state index is -0.541. The zero-order valence-corrected chi connectivity index (χ0v) is 20.9. The van der Waals surface area contributed by atoms with Gasteiger partial charge >= 0.3 is 0 Å². The fraction of sp³-hybridized carbons (Fsp3) is 0.0714. The number of ether oxygens (including phenoxy) is 1. The van der Waals surface area contributed by atoms with Crippen LogP contribution in [0, 0.1) is 18.3 Å². The van der Waals surface area contributed by atoms with Crippen LogP contribution >= 0.6 is 34.8 Å². The molecule has 0 atom stereocenters. The molecule has 7 heteroatoms. The Kier molecular flexibility index (Phi) is 7.63. The number of fused-ring (bicyclic) bond motifs is 1. The Morgan fingerprint density at radius 3 is 2.57 bits per heavy atom. The number of nitrogens with zero attached hydrogens (tertiary/aromatic N) is 1. The highest BCUT2D eigenvalue weighted by Crippen LogP contribution is 2.32. The standard InChI is InChI=1S/C28H19Cl3N2O2/c1-17-6-9-21(29)14-26(17)33-28(34)20(15-32)13-23-22-5-3-2-4-19(22)8-11-27(23)35-16-18-7-10-24(30)25(31)12-18/h2-14H,16H2,1H3,(H,33,34)/b20-13+. The molecule has 0 saturated carbocycles. The molecule has 4 rings (SSSR count). The van der Waals surface area contributed by atoms with Crippen molar-refractivity contribution in [3.8, 4) is 11.8 Å². The van der Waals surface area contributed by atoms with Gasteiger partial charge in [0.15, 0.2) is 0 Å². The fourth-order valence-corrected chi connectivity index (χ4v) is 4.05. The smallest absolute Gasteiger partial charge is 0.266 e. The van der Waals surface area contributed by atoms with E-state index in [4.69, 9.17) is 39.5 Å². The van der Waals surface area contributed by atoms with E-state index < -0.39 is 5.91 Å². The Bertz CT molecular complexity index is 1510. The maximum Gasteiger partial charge on any atom is 0.266 e. The molecule has 4 aromatic carbocycles. The molecule has 0 fully saturated rings. The third kappa shape index (κ3) is 5.78. The first-order valence-corrected chi connectivity index (χ1v) is 11.8. The molecule has 0 radical (unpaired) electrons. The van der Waals surface area contributed by atoms with Gasteiger partial charge in [-0.1, -0.05) is 77.3 Å². The van der Waals surface area contributed by atoms with Crippen LogP contribution in [-0.4, -0.2) is 5.91 Å². The molecule has 4 aromatic rings. The second-order valence-electron chi connectivity index (χ2n) is 7.82. The summed E-state index contributed by atoms with van der Waals surface area (Å²) in [5.41, 5.74) is 2.75. The number of benzene rings is 4. The van der Waals surface area contributed by atoms with Crippen molar-refractivity contribution in [2.24, 2.45) is 0 Å². The lowest BCUT2D eigenvalue weighted by molar-refractivity contribution is -0.112. The first-order chi connectivity index (χ1) is 16.9. The van der Waals surface area contributed by atoms with E-state index in [2.05, 4.69) is 5.32 Å². The number of carbonyl (C=O) groups is 1. The molecule has 1 N–H and O–H groups in total. The van der Waals surface area contributed by atoms with Crippen LogP contribution in [0.25, 0.3) is 16.8 Å². The van der Waals surface area contributed by atoms with Gasteiger partial charge in [0.05, 0.1) is 10.0 Å². The molecule has 174 valence electrons. The van der Waals surface area contributed by atoms with Crippen LogP contribution in [0.4, 0.5) is 5.69 Å². The van der Waals surface area contributed by atoms with Gasteiger partial charge in [-0.3, -0.25) is 4.79 Å². The fourth-order valence-electron chi connectivity index (χ4n) is 3.55. The number of amides is 1. The van der Waals surface area contributed by atoms with Gasteiger partial charge in [-0.15, -0.1) is 0 Å². The zero-order valence-electron chi connectivity index (χ0n) is 18.6. The van der Waals surface area contributed by atoms with Crippen LogP contribution in [0.1, 0.15) is 16.7 Å². The van der Waals surface area contributed by atoms with Crippen LogP contribution in [-0.2, 0) is 11.4 Å². The molecule has 0 spiro atoms. The van der Waals surface area contributed by atoms with Crippen LogP contribution in [0.15, 0.2) is 78.4 Å². The van der Waals surface area contributed by atoms with Crippen molar-refractivity contribution in [3.05, 3.63) is 110 Å². The summed E-state index contributed by atoms with van der Waals surface area (Å²) in [7, 11) is 0. The number of hydrogen-bond acceptors (Lipinski definition) is 3. The highest BCUT2D eigenvalue weighted by Gasteiger charge is 2.15. The van der Waals surface area contributed by atoms with E-state index in [1.54, 1.807) is 36.4 Å². The van der Waals surface area contributed by atoms with Crippen molar-refractivity contribution in [2.75, 3.05) is 5.32 Å². The molecule has 4 nitrogen and oxygen atoms in total. The first kappa shape index (κ1) is 24.6. The van der Waals surface area contributed by atoms with Crippen LogP contribution in [0.3, 0.4) is 0 Å². The predicted molar refractivity (Wildman–Crippen MR) is 143 cm³/mol. The summed E-state index contributed by atoms with van der Waals surface area (Å²) >= 11 is 18.2. The summed E-state index contributed by atoms with van der Waals surface area (Å²) in [6, 6.07) is 23.9. The normalized spacial score (nSPS) is 11.2. The molecular formula is C28H19Cl3N2O2. The number of nitriles is 1. The molecule has 0 heterocycles. The number of anilines is 1. The van der Waals surface area contributed by atoms with Gasteiger partial charge in [0, 0.05) is 16.3 Å². The largest absolute Gasteiger partial charge is 0.488 e. The molecule has 1 amide bonds. The minimum absolute atomic E-state index is 0.0693. The summed E-state index contributed by atoms with van der Waals surface area (Å²) in [6.07, 6.45) is 1.54. The van der Waals surface area contributed by atoms with Crippen LogP contribution < -0.4 is 10.1 Å². The molecule has 0 aliphatic rings. The maximum atomic E-state index is 13.0. The topological polar surface area (TPSA) is 62.1 Å². The molecular weight excluding hydrogens is 503 g/mol. The summed E-state index contributed by atoms with van der Waals surface area (Å²) < 4.78 is 6.10. The molecule has 35 heavy (non-hydrogen) atoms. The lowest BCUT2D eigenvalue weighted by atomic mass is 10.0. The number of carbonyl (C=O) groups excluding carboxylic acids is 1. The highest BCUT2D eigenvalue weighted by molar-refractivity contribution is 6.42. The summed E-state index contributed by atoms with van der Waals surface area (Å²) in [4.78, 5) is 13.0. The Balaban J connectivity index is 1.71.